The van der Waals surface area contributed by atoms with E-state index in [0.29, 0.717) is 5.92 Å². The van der Waals surface area contributed by atoms with Crippen molar-refractivity contribution in [3.8, 4) is 0 Å². The molecule has 15 heavy (non-hydrogen) atoms. The fourth-order valence-electron chi connectivity index (χ4n) is 2.46. The van der Waals surface area contributed by atoms with Crippen LogP contribution in [0.3, 0.4) is 0 Å². The molecular weight excluding hydrogens is 188 g/mol. The van der Waals surface area contributed by atoms with Gasteiger partial charge in [-0.3, -0.25) is 0 Å². The lowest BCUT2D eigenvalue weighted by Crippen LogP contribution is -2.33. The van der Waals surface area contributed by atoms with Gasteiger partial charge in [0.15, 0.2) is 0 Å². The molecule has 0 aromatic carbocycles. The zero-order chi connectivity index (χ0) is 10.7. The summed E-state index contributed by atoms with van der Waals surface area (Å²) in [5.74, 6) is 0.359. The van der Waals surface area contributed by atoms with Crippen molar-refractivity contribution in [2.24, 2.45) is 5.92 Å². The zero-order valence-corrected chi connectivity index (χ0v) is 9.19. The van der Waals surface area contributed by atoms with Crippen LogP contribution in [0.4, 0.5) is 0 Å². The SMILES string of the molecule is CC(O)(c1cncnc1)C1CCCCC1. The van der Waals surface area contributed by atoms with Crippen LogP contribution < -0.4 is 0 Å². The van der Waals surface area contributed by atoms with E-state index in [9.17, 15) is 5.11 Å². The highest BCUT2D eigenvalue weighted by Crippen LogP contribution is 2.38. The van der Waals surface area contributed by atoms with E-state index in [0.717, 1.165) is 18.4 Å². The van der Waals surface area contributed by atoms with Crippen LogP contribution in [-0.2, 0) is 5.60 Å². The molecule has 2 rings (SSSR count). The Morgan fingerprint density at radius 1 is 1.20 bits per heavy atom. The van der Waals surface area contributed by atoms with Gasteiger partial charge in [0, 0.05) is 18.0 Å². The summed E-state index contributed by atoms with van der Waals surface area (Å²) >= 11 is 0. The quantitative estimate of drug-likeness (QED) is 0.807. The maximum Gasteiger partial charge on any atom is 0.115 e. The minimum absolute atomic E-state index is 0.359. The van der Waals surface area contributed by atoms with Gasteiger partial charge in [-0.05, 0) is 25.7 Å². The molecule has 1 heterocycles. The van der Waals surface area contributed by atoms with Gasteiger partial charge >= 0.3 is 0 Å². The van der Waals surface area contributed by atoms with Gasteiger partial charge in [-0.15, -0.1) is 0 Å². The fraction of sp³-hybridized carbons (Fsp3) is 0.667. The van der Waals surface area contributed by atoms with Crippen LogP contribution in [-0.4, -0.2) is 15.1 Å². The summed E-state index contributed by atoms with van der Waals surface area (Å²) in [6.07, 6.45) is 10.9. The second-order valence-electron chi connectivity index (χ2n) is 4.61. The van der Waals surface area contributed by atoms with Gasteiger partial charge in [-0.2, -0.15) is 0 Å². The smallest absolute Gasteiger partial charge is 0.115 e. The van der Waals surface area contributed by atoms with E-state index in [4.69, 9.17) is 0 Å². The molecule has 0 amide bonds. The molecule has 0 spiro atoms. The predicted octanol–water partition coefficient (Wildman–Crippen LogP) is 2.26. The Bertz CT molecular complexity index is 305. The number of nitrogens with zero attached hydrogens (tertiary/aromatic N) is 2. The van der Waals surface area contributed by atoms with Crippen LogP contribution in [0, 0.1) is 5.92 Å². The molecule has 1 saturated carbocycles. The van der Waals surface area contributed by atoms with Crippen molar-refractivity contribution in [3.63, 3.8) is 0 Å². The average Bonchev–Trinajstić information content (AvgIpc) is 2.31. The van der Waals surface area contributed by atoms with Crippen molar-refractivity contribution in [1.82, 2.24) is 9.97 Å². The second-order valence-corrected chi connectivity index (χ2v) is 4.61. The Morgan fingerprint density at radius 3 is 2.40 bits per heavy atom. The van der Waals surface area contributed by atoms with Crippen LogP contribution in [0.5, 0.6) is 0 Å². The lowest BCUT2D eigenvalue weighted by atomic mass is 9.75. The molecule has 1 aliphatic rings. The molecule has 0 bridgehead atoms. The normalized spacial score (nSPS) is 22.3. The molecule has 0 radical (unpaired) electrons. The highest BCUT2D eigenvalue weighted by atomic mass is 16.3. The van der Waals surface area contributed by atoms with Gasteiger partial charge in [0.25, 0.3) is 0 Å². The summed E-state index contributed by atoms with van der Waals surface area (Å²) < 4.78 is 0. The summed E-state index contributed by atoms with van der Waals surface area (Å²) in [7, 11) is 0. The van der Waals surface area contributed by atoms with Crippen molar-refractivity contribution in [2.45, 2.75) is 44.6 Å². The molecule has 1 aromatic heterocycles. The maximum absolute atomic E-state index is 10.5. The Labute approximate surface area is 90.6 Å². The third-order valence-electron chi connectivity index (χ3n) is 3.55. The molecule has 1 atom stereocenters. The van der Waals surface area contributed by atoms with Gasteiger partial charge in [0.2, 0.25) is 0 Å². The first kappa shape index (κ1) is 10.6. The number of aromatic nitrogens is 2. The Hall–Kier alpha value is -0.960. The van der Waals surface area contributed by atoms with Crippen LogP contribution in [0.2, 0.25) is 0 Å². The summed E-state index contributed by atoms with van der Waals surface area (Å²) in [6, 6.07) is 0. The molecule has 1 fully saturated rings. The number of rotatable bonds is 2. The molecule has 3 nitrogen and oxygen atoms in total. The molecule has 82 valence electrons. The Morgan fingerprint density at radius 2 is 1.80 bits per heavy atom. The summed E-state index contributed by atoms with van der Waals surface area (Å²) in [6.45, 7) is 1.89. The van der Waals surface area contributed by atoms with E-state index in [1.54, 1.807) is 12.4 Å². The van der Waals surface area contributed by atoms with Gasteiger partial charge in [-0.1, -0.05) is 19.3 Å². The summed E-state index contributed by atoms with van der Waals surface area (Å²) in [5, 5.41) is 10.5. The number of hydrogen-bond acceptors (Lipinski definition) is 3. The molecule has 1 N–H and O–H groups in total. The first-order chi connectivity index (χ1) is 7.21. The third kappa shape index (κ3) is 2.17. The van der Waals surface area contributed by atoms with Gasteiger partial charge in [-0.25, -0.2) is 9.97 Å². The second kappa shape index (κ2) is 4.27. The first-order valence-electron chi connectivity index (χ1n) is 5.69. The predicted molar refractivity (Wildman–Crippen MR) is 58.2 cm³/mol. The van der Waals surface area contributed by atoms with Gasteiger partial charge in [0.1, 0.15) is 6.33 Å². The van der Waals surface area contributed by atoms with E-state index in [1.165, 1.54) is 25.6 Å². The minimum atomic E-state index is -0.762. The Balaban J connectivity index is 2.18. The van der Waals surface area contributed by atoms with Crippen molar-refractivity contribution in [2.75, 3.05) is 0 Å². The van der Waals surface area contributed by atoms with E-state index >= 15 is 0 Å². The highest BCUT2D eigenvalue weighted by Gasteiger charge is 2.34. The highest BCUT2D eigenvalue weighted by molar-refractivity contribution is 5.14. The number of aliphatic hydroxyl groups is 1. The van der Waals surface area contributed by atoms with E-state index < -0.39 is 5.60 Å². The van der Waals surface area contributed by atoms with Crippen molar-refractivity contribution >= 4 is 0 Å². The first-order valence-corrected chi connectivity index (χ1v) is 5.69. The van der Waals surface area contributed by atoms with Crippen LogP contribution in [0.25, 0.3) is 0 Å². The standard InChI is InChI=1S/C12H18N2O/c1-12(15,10-5-3-2-4-6-10)11-7-13-9-14-8-11/h7-10,15H,2-6H2,1H3. The minimum Gasteiger partial charge on any atom is -0.385 e. The third-order valence-corrected chi connectivity index (χ3v) is 3.55. The van der Waals surface area contributed by atoms with Crippen molar-refractivity contribution in [1.29, 1.82) is 0 Å². The summed E-state index contributed by atoms with van der Waals surface area (Å²) in [5.41, 5.74) is 0.0821. The van der Waals surface area contributed by atoms with Crippen molar-refractivity contribution < 1.29 is 5.11 Å². The molecular formula is C12H18N2O. The largest absolute Gasteiger partial charge is 0.385 e. The van der Waals surface area contributed by atoms with Crippen LogP contribution >= 0.6 is 0 Å². The molecule has 1 aliphatic carbocycles. The monoisotopic (exact) mass is 206 g/mol. The van der Waals surface area contributed by atoms with Crippen LogP contribution in [0.1, 0.15) is 44.6 Å². The average molecular weight is 206 g/mol. The lowest BCUT2D eigenvalue weighted by Gasteiger charge is -2.35. The molecule has 0 saturated heterocycles. The van der Waals surface area contributed by atoms with Crippen LogP contribution in [0.15, 0.2) is 18.7 Å². The molecule has 1 unspecified atom stereocenters. The molecule has 3 heteroatoms. The van der Waals surface area contributed by atoms with Crippen molar-refractivity contribution in [3.05, 3.63) is 24.3 Å². The maximum atomic E-state index is 10.5. The van der Waals surface area contributed by atoms with E-state index in [2.05, 4.69) is 9.97 Å². The Kier molecular flexibility index (Phi) is 3.00. The zero-order valence-electron chi connectivity index (χ0n) is 9.19. The number of hydrogen-bond donors (Lipinski definition) is 1. The van der Waals surface area contributed by atoms with Gasteiger partial charge in [0.05, 0.1) is 5.60 Å². The van der Waals surface area contributed by atoms with Gasteiger partial charge < -0.3 is 5.11 Å². The lowest BCUT2D eigenvalue weighted by molar-refractivity contribution is -0.0220. The fourth-order valence-corrected chi connectivity index (χ4v) is 2.46. The molecule has 0 aliphatic heterocycles. The molecule has 1 aromatic rings. The topological polar surface area (TPSA) is 46.0 Å². The summed E-state index contributed by atoms with van der Waals surface area (Å²) in [4.78, 5) is 7.95. The van der Waals surface area contributed by atoms with E-state index in [-0.39, 0.29) is 0 Å². The van der Waals surface area contributed by atoms with E-state index in [1.807, 2.05) is 6.92 Å².